The van der Waals surface area contributed by atoms with Crippen LogP contribution in [0.1, 0.15) is 46.0 Å². The number of hydrogen-bond donors (Lipinski definition) is 2. The quantitative estimate of drug-likeness (QED) is 0.325. The van der Waals surface area contributed by atoms with E-state index in [1.54, 1.807) is 14.2 Å². The van der Waals surface area contributed by atoms with Crippen molar-refractivity contribution in [2.45, 2.75) is 58.3 Å². The first-order chi connectivity index (χ1) is 8.64. The van der Waals surface area contributed by atoms with Gasteiger partial charge in [-0.15, -0.1) is 0 Å². The maximum absolute atomic E-state index is 5.90. The van der Waals surface area contributed by atoms with Crippen LogP contribution in [0.5, 0.6) is 0 Å². The minimum absolute atomic E-state index is 0.509. The zero-order valence-corrected chi connectivity index (χ0v) is 13.3. The Balaban J connectivity index is 3.91. The summed E-state index contributed by atoms with van der Waals surface area (Å²) >= 11 is 0. The molecule has 0 fully saturated rings. The third-order valence-electron chi connectivity index (χ3n) is 2.86. The number of unbranched alkanes of at least 4 members (excludes halogenated alkanes) is 3. The maximum Gasteiger partial charge on any atom is 0.502 e. The summed E-state index contributed by atoms with van der Waals surface area (Å²) in [6.45, 7) is 5.14. The predicted molar refractivity (Wildman–Crippen MR) is 76.1 cm³/mol. The molecule has 0 aliphatic carbocycles. The second-order valence-electron chi connectivity index (χ2n) is 4.39. The molecule has 0 rings (SSSR count). The minimum Gasteiger partial charge on any atom is -0.377 e. The average Bonchev–Trinajstić information content (AvgIpc) is 2.38. The molecular formula is C12H30N2O3Si. The van der Waals surface area contributed by atoms with E-state index in [0.717, 1.165) is 25.4 Å². The topological polar surface area (TPSA) is 65.7 Å². The Morgan fingerprint density at radius 1 is 1.06 bits per heavy atom. The molecule has 3 N–H and O–H groups in total. The molecule has 0 saturated carbocycles. The third-order valence-corrected chi connectivity index (χ3v) is 5.83. The first-order valence-corrected chi connectivity index (χ1v) is 8.84. The smallest absolute Gasteiger partial charge is 0.377 e. The average molecular weight is 278 g/mol. The molecule has 6 heteroatoms. The fourth-order valence-corrected chi connectivity index (χ4v) is 3.75. The van der Waals surface area contributed by atoms with Gasteiger partial charge in [0, 0.05) is 20.3 Å². The molecule has 0 aliphatic rings. The lowest BCUT2D eigenvalue weighted by atomic mass is 10.2. The van der Waals surface area contributed by atoms with Gasteiger partial charge in [-0.1, -0.05) is 39.5 Å². The Bertz CT molecular complexity index is 192. The van der Waals surface area contributed by atoms with E-state index in [4.69, 9.17) is 19.0 Å². The Kier molecular flexibility index (Phi) is 10.9. The molecule has 1 atom stereocenters. The molecule has 0 saturated heterocycles. The zero-order valence-electron chi connectivity index (χ0n) is 12.3. The van der Waals surface area contributed by atoms with E-state index in [0.29, 0.717) is 0 Å². The second kappa shape index (κ2) is 10.9. The zero-order chi connectivity index (χ0) is 13.9. The first-order valence-electron chi connectivity index (χ1n) is 6.91. The highest BCUT2D eigenvalue weighted by Gasteiger charge is 2.39. The maximum atomic E-state index is 5.90. The summed E-state index contributed by atoms with van der Waals surface area (Å²) in [7, 11) is 0.679. The van der Waals surface area contributed by atoms with Crippen LogP contribution in [0.3, 0.4) is 0 Å². The highest BCUT2D eigenvalue weighted by molar-refractivity contribution is 6.60. The first kappa shape index (κ1) is 18.0. The Labute approximate surface area is 113 Å². The van der Waals surface area contributed by atoms with Gasteiger partial charge in [0.05, 0.1) is 0 Å². The summed E-state index contributed by atoms with van der Waals surface area (Å²) < 4.78 is 16.6. The molecule has 1 unspecified atom stereocenters. The van der Waals surface area contributed by atoms with E-state index >= 15 is 0 Å². The third kappa shape index (κ3) is 7.45. The van der Waals surface area contributed by atoms with Gasteiger partial charge in [-0.3, -0.25) is 11.1 Å². The molecule has 0 bridgehead atoms. The van der Waals surface area contributed by atoms with E-state index < -0.39 is 15.2 Å². The van der Waals surface area contributed by atoms with Crippen LogP contribution in [0, 0.1) is 0 Å². The van der Waals surface area contributed by atoms with Crippen molar-refractivity contribution in [3.63, 3.8) is 0 Å². The second-order valence-corrected chi connectivity index (χ2v) is 7.31. The highest BCUT2D eigenvalue weighted by Crippen LogP contribution is 2.16. The van der Waals surface area contributed by atoms with E-state index in [1.165, 1.54) is 19.3 Å². The lowest BCUT2D eigenvalue weighted by Gasteiger charge is -2.29. The van der Waals surface area contributed by atoms with Gasteiger partial charge in [-0.25, -0.2) is 0 Å². The van der Waals surface area contributed by atoms with Crippen LogP contribution in [0.4, 0.5) is 0 Å². The van der Waals surface area contributed by atoms with Crippen LogP contribution in [0.2, 0.25) is 6.04 Å². The number of nitrogens with two attached hydrogens (primary N) is 1. The lowest BCUT2D eigenvalue weighted by molar-refractivity contribution is 0.0421. The van der Waals surface area contributed by atoms with Crippen LogP contribution >= 0.6 is 0 Å². The van der Waals surface area contributed by atoms with Gasteiger partial charge in [0.1, 0.15) is 0 Å². The molecule has 0 heterocycles. The van der Waals surface area contributed by atoms with Crippen LogP contribution in [-0.4, -0.2) is 35.9 Å². The SMILES string of the molecule is CCCCCCNC(N)O[Si](CCC)(OC)OC. The number of rotatable bonds is 12. The summed E-state index contributed by atoms with van der Waals surface area (Å²) in [5, 5.41) is 3.15. The Hall–Kier alpha value is 0.0169. The van der Waals surface area contributed by atoms with Crippen molar-refractivity contribution in [2.75, 3.05) is 20.8 Å². The van der Waals surface area contributed by atoms with Crippen molar-refractivity contribution in [3.8, 4) is 0 Å². The van der Waals surface area contributed by atoms with Crippen molar-refractivity contribution < 1.29 is 13.3 Å². The fourth-order valence-electron chi connectivity index (χ4n) is 1.78. The van der Waals surface area contributed by atoms with Gasteiger partial charge in [0.15, 0.2) is 6.35 Å². The number of nitrogens with one attached hydrogen (secondary N) is 1. The van der Waals surface area contributed by atoms with E-state index in [-0.39, 0.29) is 0 Å². The van der Waals surface area contributed by atoms with E-state index in [1.807, 2.05) is 0 Å². The van der Waals surface area contributed by atoms with Crippen LogP contribution in [0.15, 0.2) is 0 Å². The van der Waals surface area contributed by atoms with Crippen molar-refractivity contribution in [1.82, 2.24) is 5.32 Å². The van der Waals surface area contributed by atoms with Crippen LogP contribution < -0.4 is 11.1 Å². The van der Waals surface area contributed by atoms with Crippen molar-refractivity contribution >= 4 is 8.80 Å². The molecule has 0 aromatic heterocycles. The molecular weight excluding hydrogens is 248 g/mol. The van der Waals surface area contributed by atoms with Gasteiger partial charge in [-0.05, 0) is 13.0 Å². The summed E-state index contributed by atoms with van der Waals surface area (Å²) in [5.41, 5.74) is 5.90. The van der Waals surface area contributed by atoms with E-state index in [9.17, 15) is 0 Å². The Morgan fingerprint density at radius 2 is 1.72 bits per heavy atom. The van der Waals surface area contributed by atoms with Gasteiger partial charge in [0.25, 0.3) is 0 Å². The predicted octanol–water partition coefficient (Wildman–Crippen LogP) is 2.06. The molecule has 0 aromatic carbocycles. The highest BCUT2D eigenvalue weighted by atomic mass is 28.4. The van der Waals surface area contributed by atoms with Gasteiger partial charge in [0.2, 0.25) is 0 Å². The summed E-state index contributed by atoms with van der Waals surface area (Å²) in [5.74, 6) is 0. The molecule has 0 amide bonds. The monoisotopic (exact) mass is 278 g/mol. The molecule has 5 nitrogen and oxygen atoms in total. The normalized spacial score (nSPS) is 13.8. The summed E-state index contributed by atoms with van der Waals surface area (Å²) in [6.07, 6.45) is 5.29. The number of hydrogen-bond acceptors (Lipinski definition) is 5. The fraction of sp³-hybridized carbons (Fsp3) is 1.00. The van der Waals surface area contributed by atoms with Gasteiger partial charge in [-0.2, -0.15) is 0 Å². The summed E-state index contributed by atoms with van der Waals surface area (Å²) in [4.78, 5) is 0. The standard InChI is InChI=1S/C12H30N2O3Si/c1-5-7-8-9-10-14-12(13)17-18(15-3,16-4)11-6-2/h12,14H,5-11,13H2,1-4H3. The van der Waals surface area contributed by atoms with Crippen molar-refractivity contribution in [3.05, 3.63) is 0 Å². The van der Waals surface area contributed by atoms with E-state index in [2.05, 4.69) is 19.2 Å². The van der Waals surface area contributed by atoms with Crippen LogP contribution in [0.25, 0.3) is 0 Å². The molecule has 0 radical (unpaired) electrons. The van der Waals surface area contributed by atoms with Crippen molar-refractivity contribution in [1.29, 1.82) is 0 Å². The minimum atomic E-state index is -2.57. The molecule has 0 aliphatic heterocycles. The molecule has 0 spiro atoms. The summed E-state index contributed by atoms with van der Waals surface area (Å²) in [6, 6.07) is 0.783. The van der Waals surface area contributed by atoms with Crippen LogP contribution in [-0.2, 0) is 13.3 Å². The van der Waals surface area contributed by atoms with Gasteiger partial charge < -0.3 is 13.3 Å². The molecule has 0 aromatic rings. The molecule has 18 heavy (non-hydrogen) atoms. The molecule has 110 valence electrons. The van der Waals surface area contributed by atoms with Crippen molar-refractivity contribution in [2.24, 2.45) is 5.73 Å². The van der Waals surface area contributed by atoms with Gasteiger partial charge >= 0.3 is 8.80 Å². The lowest BCUT2D eigenvalue weighted by Crippen LogP contribution is -2.53. The largest absolute Gasteiger partial charge is 0.502 e. The Morgan fingerprint density at radius 3 is 2.22 bits per heavy atom.